The second-order valence-electron chi connectivity index (χ2n) is 5.41. The van der Waals surface area contributed by atoms with Crippen molar-refractivity contribution in [3.63, 3.8) is 0 Å². The molecule has 0 bridgehead atoms. The van der Waals surface area contributed by atoms with Crippen LogP contribution in [0, 0.1) is 3.57 Å². The first-order chi connectivity index (χ1) is 12.4. The van der Waals surface area contributed by atoms with E-state index in [4.69, 9.17) is 24.0 Å². The van der Waals surface area contributed by atoms with Crippen molar-refractivity contribution in [2.45, 2.75) is 24.5 Å². The molecule has 2 rings (SSSR count). The summed E-state index contributed by atoms with van der Waals surface area (Å²) in [6, 6.07) is 0. The molecular formula is C11H17IN2O11P2. The lowest BCUT2D eigenvalue weighted by atomic mass is 10.1. The van der Waals surface area contributed by atoms with E-state index >= 15 is 0 Å². The quantitative estimate of drug-likeness (QED) is 0.254. The van der Waals surface area contributed by atoms with Gasteiger partial charge in [-0.1, -0.05) is 0 Å². The average molecular weight is 542 g/mol. The van der Waals surface area contributed by atoms with Crippen LogP contribution >= 0.6 is 37.2 Å². The maximum atomic E-state index is 12.1. The van der Waals surface area contributed by atoms with Crippen molar-refractivity contribution in [3.8, 4) is 0 Å². The van der Waals surface area contributed by atoms with Gasteiger partial charge in [0.2, 0.25) is 0 Å². The Bertz CT molecular complexity index is 895. The fourth-order valence-electron chi connectivity index (χ4n) is 2.50. The van der Waals surface area contributed by atoms with E-state index in [-0.39, 0.29) is 3.57 Å². The van der Waals surface area contributed by atoms with Crippen molar-refractivity contribution in [2.24, 2.45) is 0 Å². The largest absolute Gasteiger partial charge is 0.438 e. The number of nitrogens with zero attached hydrogens (tertiary/aromatic N) is 1. The van der Waals surface area contributed by atoms with Gasteiger partial charge in [-0.05, 0) is 22.6 Å². The van der Waals surface area contributed by atoms with Crippen LogP contribution < -0.4 is 11.2 Å². The number of hydrogen-bond donors (Lipinski definition) is 4. The fourth-order valence-corrected chi connectivity index (χ4v) is 4.08. The van der Waals surface area contributed by atoms with Crippen LogP contribution in [0.5, 0.6) is 0 Å². The zero-order chi connectivity index (χ0) is 20.6. The Morgan fingerprint density at radius 1 is 1.22 bits per heavy atom. The molecule has 1 saturated heterocycles. The fraction of sp³-hybridized carbons (Fsp3) is 0.636. The molecule has 4 N–H and O–H groups in total. The number of aromatic nitrogens is 2. The minimum absolute atomic E-state index is 0.195. The van der Waals surface area contributed by atoms with Crippen LogP contribution in [0.3, 0.4) is 0 Å². The predicted molar refractivity (Wildman–Crippen MR) is 97.4 cm³/mol. The molecule has 5 atom stereocenters. The summed E-state index contributed by atoms with van der Waals surface area (Å²) in [6.07, 6.45) is -2.77. The third-order valence-electron chi connectivity index (χ3n) is 3.76. The van der Waals surface area contributed by atoms with Gasteiger partial charge >= 0.3 is 20.3 Å². The lowest BCUT2D eigenvalue weighted by Crippen LogP contribution is -2.40. The average Bonchev–Trinajstić information content (AvgIpc) is 2.92. The Morgan fingerprint density at radius 2 is 1.81 bits per heavy atom. The van der Waals surface area contributed by atoms with Gasteiger partial charge in [-0.15, -0.1) is 0 Å². The normalized spacial score (nSPS) is 28.2. The van der Waals surface area contributed by atoms with Crippen molar-refractivity contribution in [1.82, 2.24) is 9.55 Å². The maximum Gasteiger partial charge on any atom is 0.438 e. The molecule has 27 heavy (non-hydrogen) atoms. The van der Waals surface area contributed by atoms with Crippen LogP contribution in [-0.4, -0.2) is 63.4 Å². The first-order valence-corrected chi connectivity index (χ1v) is 12.2. The number of halogens is 1. The number of aromatic amines is 1. The van der Waals surface area contributed by atoms with Crippen molar-refractivity contribution < 1.29 is 42.5 Å². The number of hydrogen-bond acceptors (Lipinski definition) is 8. The molecule has 154 valence electrons. The number of H-pyrrole nitrogens is 1. The van der Waals surface area contributed by atoms with Crippen molar-refractivity contribution in [3.05, 3.63) is 30.6 Å². The molecule has 2 unspecified atom stereocenters. The van der Waals surface area contributed by atoms with E-state index in [9.17, 15) is 23.6 Å². The van der Waals surface area contributed by atoms with E-state index in [0.717, 1.165) is 4.57 Å². The van der Waals surface area contributed by atoms with Gasteiger partial charge in [0, 0.05) is 20.4 Å². The summed E-state index contributed by atoms with van der Waals surface area (Å²) < 4.78 is 44.5. The van der Waals surface area contributed by atoms with E-state index in [1.165, 1.54) is 20.4 Å². The highest BCUT2D eigenvalue weighted by atomic mass is 127. The summed E-state index contributed by atoms with van der Waals surface area (Å²) in [5, 5.41) is 0. The first-order valence-electron chi connectivity index (χ1n) is 7.18. The van der Waals surface area contributed by atoms with E-state index in [2.05, 4.69) is 9.51 Å². The summed E-state index contributed by atoms with van der Waals surface area (Å²) in [6.45, 7) is -0.719. The molecule has 1 fully saturated rings. The van der Waals surface area contributed by atoms with Gasteiger partial charge in [0.15, 0.2) is 6.23 Å². The number of methoxy groups -OCH3 is 2. The third kappa shape index (κ3) is 4.78. The smallest absolute Gasteiger partial charge is 0.376 e. The Hall–Kier alpha value is -0.410. The SMILES string of the molecule is CO[C@@H]1[C@@H](COP(=O)(O)P(=O)(O)O)OC(n2cc(I)c(=O)[nH]c2=O)[C@@H]1OC. The van der Waals surface area contributed by atoms with Crippen LogP contribution in [0.4, 0.5) is 0 Å². The van der Waals surface area contributed by atoms with Gasteiger partial charge in [0.05, 0.1) is 10.2 Å². The Balaban J connectivity index is 2.31. The highest BCUT2D eigenvalue weighted by Gasteiger charge is 2.49. The van der Waals surface area contributed by atoms with Gasteiger partial charge in [0.25, 0.3) is 5.56 Å². The second kappa shape index (κ2) is 8.53. The molecule has 1 aliphatic rings. The molecule has 0 aromatic carbocycles. The monoisotopic (exact) mass is 542 g/mol. The van der Waals surface area contributed by atoms with Crippen molar-refractivity contribution in [2.75, 3.05) is 20.8 Å². The van der Waals surface area contributed by atoms with Crippen LogP contribution in [0.1, 0.15) is 6.23 Å². The van der Waals surface area contributed by atoms with Crippen LogP contribution in [-0.2, 0) is 27.9 Å². The summed E-state index contributed by atoms with van der Waals surface area (Å²) >= 11 is 1.72. The van der Waals surface area contributed by atoms with Gasteiger partial charge in [0.1, 0.15) is 18.3 Å². The number of rotatable bonds is 7. The van der Waals surface area contributed by atoms with E-state index in [1.807, 2.05) is 0 Å². The number of nitrogens with one attached hydrogen (secondary N) is 1. The molecule has 0 aliphatic carbocycles. The Kier molecular flexibility index (Phi) is 7.23. The molecule has 1 aromatic rings. The number of ether oxygens (including phenoxy) is 3. The lowest BCUT2D eigenvalue weighted by molar-refractivity contribution is -0.0608. The zero-order valence-corrected chi connectivity index (χ0v) is 17.9. The van der Waals surface area contributed by atoms with E-state index < -0.39 is 57.0 Å². The molecule has 0 spiro atoms. The predicted octanol–water partition coefficient (Wildman–Crippen LogP) is -0.637. The van der Waals surface area contributed by atoms with Gasteiger partial charge in [-0.25, -0.2) is 13.9 Å². The van der Waals surface area contributed by atoms with Crippen LogP contribution in [0.25, 0.3) is 0 Å². The molecule has 0 amide bonds. The van der Waals surface area contributed by atoms with Crippen molar-refractivity contribution >= 4 is 37.2 Å². The topological polar surface area (TPSA) is 187 Å². The molecular weight excluding hydrogens is 525 g/mol. The lowest BCUT2D eigenvalue weighted by Gasteiger charge is -2.22. The molecule has 16 heteroatoms. The van der Waals surface area contributed by atoms with Crippen molar-refractivity contribution in [1.29, 1.82) is 0 Å². The van der Waals surface area contributed by atoms with Gasteiger partial charge < -0.3 is 28.9 Å². The zero-order valence-electron chi connectivity index (χ0n) is 13.9. The van der Waals surface area contributed by atoms with E-state index in [1.54, 1.807) is 22.6 Å². The first kappa shape index (κ1) is 22.9. The molecule has 0 saturated carbocycles. The minimum atomic E-state index is -5.40. The molecule has 1 aliphatic heterocycles. The summed E-state index contributed by atoms with van der Waals surface area (Å²) in [5.41, 5.74) is -1.37. The Morgan fingerprint density at radius 3 is 2.33 bits per heavy atom. The van der Waals surface area contributed by atoms with E-state index in [0.29, 0.717) is 0 Å². The Labute approximate surface area is 165 Å². The molecule has 0 radical (unpaired) electrons. The third-order valence-corrected chi connectivity index (χ3v) is 8.00. The summed E-state index contributed by atoms with van der Waals surface area (Å²) in [7, 11) is -8.04. The minimum Gasteiger partial charge on any atom is -0.376 e. The van der Waals surface area contributed by atoms with Gasteiger partial charge in [-0.3, -0.25) is 18.9 Å². The van der Waals surface area contributed by atoms with Gasteiger partial charge in [-0.2, -0.15) is 0 Å². The highest BCUT2D eigenvalue weighted by Crippen LogP contribution is 2.74. The highest BCUT2D eigenvalue weighted by molar-refractivity contribution is 14.1. The second-order valence-corrected chi connectivity index (χ2v) is 11.9. The summed E-state index contributed by atoms with van der Waals surface area (Å²) in [4.78, 5) is 52.8. The molecule has 1 aromatic heterocycles. The standard InChI is InChI=1S/C11H17IN2O11P2/c1-22-7-6(4-24-27(20,21)26(17,18)19)25-10(8(7)23-2)14-3-5(12)9(15)13-11(14)16/h3,6-8,10H,4H2,1-2H3,(H,20,21)(H,13,15,16)(H2,17,18,19)/t6-,7-,8-,10?/m1/s1. The van der Waals surface area contributed by atoms with Crippen LogP contribution in [0.15, 0.2) is 15.8 Å². The summed E-state index contributed by atoms with van der Waals surface area (Å²) in [5.74, 6) is 0. The molecule has 13 nitrogen and oxygen atoms in total. The molecule has 2 heterocycles. The maximum absolute atomic E-state index is 12.1. The van der Waals surface area contributed by atoms with Crippen LogP contribution in [0.2, 0.25) is 0 Å².